The van der Waals surface area contributed by atoms with Gasteiger partial charge in [-0.3, -0.25) is 0 Å². The molecule has 1 aromatic carbocycles. The number of nitrogens with one attached hydrogen (secondary N) is 1. The lowest BCUT2D eigenvalue weighted by atomic mass is 9.93. The van der Waals surface area contributed by atoms with E-state index in [-0.39, 0.29) is 0 Å². The molecule has 0 saturated carbocycles. The van der Waals surface area contributed by atoms with Crippen molar-refractivity contribution in [2.24, 2.45) is 5.41 Å². The molecule has 1 atom stereocenters. The molecule has 2 rings (SSSR count). The van der Waals surface area contributed by atoms with Crippen LogP contribution in [0.3, 0.4) is 0 Å². The number of rotatable bonds is 1. The van der Waals surface area contributed by atoms with Crippen molar-refractivity contribution in [1.29, 1.82) is 0 Å². The van der Waals surface area contributed by atoms with Crippen LogP contribution in [0.15, 0.2) is 24.3 Å². The van der Waals surface area contributed by atoms with Gasteiger partial charge in [-0.05, 0) is 37.0 Å². The minimum Gasteiger partial charge on any atom is -0.367 e. The molecule has 0 spiro atoms. The van der Waals surface area contributed by atoms with E-state index in [0.29, 0.717) is 11.5 Å². The van der Waals surface area contributed by atoms with E-state index in [1.54, 1.807) is 0 Å². The predicted molar refractivity (Wildman–Crippen MR) is 74.6 cm³/mol. The molecular weight excluding hydrogens is 208 g/mol. The maximum absolute atomic E-state index is 3.56. The fourth-order valence-corrected chi connectivity index (χ4v) is 2.55. The van der Waals surface area contributed by atoms with Crippen molar-refractivity contribution in [3.05, 3.63) is 29.8 Å². The van der Waals surface area contributed by atoms with Gasteiger partial charge in [-0.25, -0.2) is 0 Å². The molecule has 1 N–H and O–H groups in total. The van der Waals surface area contributed by atoms with Gasteiger partial charge in [-0.15, -0.1) is 0 Å². The van der Waals surface area contributed by atoms with Crippen LogP contribution in [0.25, 0.3) is 0 Å². The van der Waals surface area contributed by atoms with Crippen molar-refractivity contribution < 1.29 is 0 Å². The van der Waals surface area contributed by atoms with E-state index in [4.69, 9.17) is 0 Å². The van der Waals surface area contributed by atoms with Crippen molar-refractivity contribution in [2.75, 3.05) is 24.5 Å². The minimum absolute atomic E-state index is 0.328. The number of anilines is 1. The van der Waals surface area contributed by atoms with E-state index in [1.807, 2.05) is 0 Å². The van der Waals surface area contributed by atoms with E-state index in [9.17, 15) is 0 Å². The fraction of sp³-hybridized carbons (Fsp3) is 0.600. The molecule has 1 aliphatic heterocycles. The first-order valence-corrected chi connectivity index (χ1v) is 6.52. The van der Waals surface area contributed by atoms with Crippen molar-refractivity contribution in [2.45, 2.75) is 33.7 Å². The van der Waals surface area contributed by atoms with Crippen LogP contribution in [-0.2, 0) is 0 Å². The Labute approximate surface area is 105 Å². The Morgan fingerprint density at radius 1 is 1.35 bits per heavy atom. The van der Waals surface area contributed by atoms with Gasteiger partial charge < -0.3 is 10.2 Å². The summed E-state index contributed by atoms with van der Waals surface area (Å²) in [6.07, 6.45) is 0. The summed E-state index contributed by atoms with van der Waals surface area (Å²) in [5, 5.41) is 3.56. The zero-order valence-corrected chi connectivity index (χ0v) is 11.5. The molecular formula is C15H24N2. The van der Waals surface area contributed by atoms with Gasteiger partial charge in [0.15, 0.2) is 0 Å². The molecule has 0 amide bonds. The summed E-state index contributed by atoms with van der Waals surface area (Å²) in [6.45, 7) is 12.4. The summed E-state index contributed by atoms with van der Waals surface area (Å²) >= 11 is 0. The van der Waals surface area contributed by atoms with Crippen LogP contribution in [0, 0.1) is 12.3 Å². The first kappa shape index (κ1) is 12.4. The Bertz CT molecular complexity index is 384. The summed E-state index contributed by atoms with van der Waals surface area (Å²) in [5.74, 6) is 0. The molecule has 1 heterocycles. The normalized spacial score (nSPS) is 24.5. The van der Waals surface area contributed by atoms with Gasteiger partial charge in [0.2, 0.25) is 0 Å². The quantitative estimate of drug-likeness (QED) is 0.801. The molecule has 17 heavy (non-hydrogen) atoms. The third-order valence-electron chi connectivity index (χ3n) is 3.51. The maximum Gasteiger partial charge on any atom is 0.0386 e. The largest absolute Gasteiger partial charge is 0.367 e. The molecule has 0 aliphatic carbocycles. The highest BCUT2D eigenvalue weighted by atomic mass is 15.2. The van der Waals surface area contributed by atoms with Crippen LogP contribution >= 0.6 is 0 Å². The first-order chi connectivity index (χ1) is 7.98. The average molecular weight is 232 g/mol. The molecule has 2 heteroatoms. The Balaban J connectivity index is 2.27. The predicted octanol–water partition coefficient (Wildman–Crippen LogP) is 2.82. The molecule has 1 aliphatic rings. The van der Waals surface area contributed by atoms with Crippen LogP contribution in [0.1, 0.15) is 26.3 Å². The lowest BCUT2D eigenvalue weighted by molar-refractivity contribution is 0.369. The van der Waals surface area contributed by atoms with Crippen LogP contribution < -0.4 is 10.2 Å². The Kier molecular flexibility index (Phi) is 3.43. The second kappa shape index (κ2) is 4.69. The lowest BCUT2D eigenvalue weighted by Crippen LogP contribution is -2.39. The third-order valence-corrected chi connectivity index (χ3v) is 3.51. The van der Waals surface area contributed by atoms with Gasteiger partial charge in [0, 0.05) is 31.4 Å². The Morgan fingerprint density at radius 3 is 2.82 bits per heavy atom. The van der Waals surface area contributed by atoms with Crippen LogP contribution in [0.5, 0.6) is 0 Å². The molecule has 1 unspecified atom stereocenters. The number of hydrogen-bond donors (Lipinski definition) is 1. The smallest absolute Gasteiger partial charge is 0.0386 e. The average Bonchev–Trinajstić information content (AvgIpc) is 2.38. The molecule has 2 nitrogen and oxygen atoms in total. The van der Waals surface area contributed by atoms with E-state index in [0.717, 1.165) is 19.6 Å². The monoisotopic (exact) mass is 232 g/mol. The highest BCUT2D eigenvalue weighted by Crippen LogP contribution is 2.26. The summed E-state index contributed by atoms with van der Waals surface area (Å²) in [7, 11) is 0. The summed E-state index contributed by atoms with van der Waals surface area (Å²) in [5.41, 5.74) is 3.02. The van der Waals surface area contributed by atoms with Crippen molar-refractivity contribution in [3.8, 4) is 0 Å². The maximum atomic E-state index is 3.56. The number of aryl methyl sites for hydroxylation is 1. The van der Waals surface area contributed by atoms with Gasteiger partial charge in [0.1, 0.15) is 0 Å². The fourth-order valence-electron chi connectivity index (χ4n) is 2.55. The molecule has 1 fully saturated rings. The van der Waals surface area contributed by atoms with Crippen molar-refractivity contribution in [3.63, 3.8) is 0 Å². The van der Waals surface area contributed by atoms with Crippen molar-refractivity contribution >= 4 is 5.69 Å². The SMILES string of the molecule is Cc1cccc(N2CC(C)(C)CNCC2C)c1. The molecule has 1 saturated heterocycles. The first-order valence-electron chi connectivity index (χ1n) is 6.52. The standard InChI is InChI=1S/C15H24N2/c1-12-6-5-7-14(8-12)17-11-15(3,4)10-16-9-13(17)2/h5-8,13,16H,9-11H2,1-4H3. The molecule has 0 aromatic heterocycles. The van der Waals surface area contributed by atoms with E-state index >= 15 is 0 Å². The number of benzene rings is 1. The summed E-state index contributed by atoms with van der Waals surface area (Å²) in [6, 6.07) is 9.39. The van der Waals surface area contributed by atoms with Gasteiger partial charge >= 0.3 is 0 Å². The number of nitrogens with zero attached hydrogens (tertiary/aromatic N) is 1. The highest BCUT2D eigenvalue weighted by molar-refractivity contribution is 5.49. The molecule has 0 bridgehead atoms. The lowest BCUT2D eigenvalue weighted by Gasteiger charge is -2.34. The molecule has 94 valence electrons. The zero-order valence-electron chi connectivity index (χ0n) is 11.5. The summed E-state index contributed by atoms with van der Waals surface area (Å²) < 4.78 is 0. The van der Waals surface area contributed by atoms with Crippen molar-refractivity contribution in [1.82, 2.24) is 5.32 Å². The molecule has 1 aromatic rings. The highest BCUT2D eigenvalue weighted by Gasteiger charge is 2.28. The van der Waals surface area contributed by atoms with Gasteiger partial charge in [0.25, 0.3) is 0 Å². The van der Waals surface area contributed by atoms with Gasteiger partial charge in [-0.2, -0.15) is 0 Å². The Morgan fingerprint density at radius 2 is 2.12 bits per heavy atom. The zero-order chi connectivity index (χ0) is 12.5. The topological polar surface area (TPSA) is 15.3 Å². The molecule has 0 radical (unpaired) electrons. The minimum atomic E-state index is 0.328. The van der Waals surface area contributed by atoms with Crippen LogP contribution in [-0.4, -0.2) is 25.7 Å². The second-order valence-electron chi connectivity index (χ2n) is 6.11. The number of hydrogen-bond acceptors (Lipinski definition) is 2. The van der Waals surface area contributed by atoms with Crippen LogP contribution in [0.4, 0.5) is 5.69 Å². The summed E-state index contributed by atoms with van der Waals surface area (Å²) in [4.78, 5) is 2.53. The van der Waals surface area contributed by atoms with Gasteiger partial charge in [0.05, 0.1) is 0 Å². The van der Waals surface area contributed by atoms with E-state index in [2.05, 4.69) is 62.2 Å². The van der Waals surface area contributed by atoms with E-state index < -0.39 is 0 Å². The van der Waals surface area contributed by atoms with Crippen LogP contribution in [0.2, 0.25) is 0 Å². The third kappa shape index (κ3) is 3.01. The second-order valence-corrected chi connectivity index (χ2v) is 6.11. The Hall–Kier alpha value is -1.02. The van der Waals surface area contributed by atoms with E-state index in [1.165, 1.54) is 11.3 Å². The van der Waals surface area contributed by atoms with Gasteiger partial charge in [-0.1, -0.05) is 26.0 Å².